The van der Waals surface area contributed by atoms with E-state index in [1.807, 2.05) is 6.07 Å². The molecule has 0 aromatic carbocycles. The summed E-state index contributed by atoms with van der Waals surface area (Å²) in [7, 11) is -2.08. The second-order valence-electron chi connectivity index (χ2n) is 4.00. The number of pyridine rings is 2. The molecule has 0 aliphatic carbocycles. The molecule has 0 saturated heterocycles. The SMILES string of the molecule is CN(Cc1ccccn1)S(=O)(=O)c1ccc(N)nc1. The van der Waals surface area contributed by atoms with Crippen molar-refractivity contribution in [3.63, 3.8) is 0 Å². The summed E-state index contributed by atoms with van der Waals surface area (Å²) >= 11 is 0. The van der Waals surface area contributed by atoms with E-state index in [1.165, 1.54) is 29.7 Å². The monoisotopic (exact) mass is 278 g/mol. The molecule has 0 saturated carbocycles. The Bertz CT molecular complexity index is 641. The van der Waals surface area contributed by atoms with E-state index in [0.29, 0.717) is 5.69 Å². The van der Waals surface area contributed by atoms with Crippen molar-refractivity contribution in [3.05, 3.63) is 48.4 Å². The maximum atomic E-state index is 12.3. The molecule has 0 spiro atoms. The van der Waals surface area contributed by atoms with Gasteiger partial charge in [0.15, 0.2) is 0 Å². The van der Waals surface area contributed by atoms with E-state index in [-0.39, 0.29) is 17.3 Å². The molecule has 0 amide bonds. The molecule has 0 aliphatic heterocycles. The maximum Gasteiger partial charge on any atom is 0.244 e. The highest BCUT2D eigenvalue weighted by Gasteiger charge is 2.21. The lowest BCUT2D eigenvalue weighted by Crippen LogP contribution is -2.27. The van der Waals surface area contributed by atoms with Crippen LogP contribution in [0.25, 0.3) is 0 Å². The summed E-state index contributed by atoms with van der Waals surface area (Å²) in [6.07, 6.45) is 2.88. The molecule has 0 unspecified atom stereocenters. The van der Waals surface area contributed by atoms with Gasteiger partial charge in [-0.3, -0.25) is 4.98 Å². The Balaban J connectivity index is 2.22. The number of aromatic nitrogens is 2. The normalized spacial score (nSPS) is 11.7. The van der Waals surface area contributed by atoms with Crippen molar-refractivity contribution in [2.24, 2.45) is 0 Å². The largest absolute Gasteiger partial charge is 0.384 e. The molecule has 0 radical (unpaired) electrons. The van der Waals surface area contributed by atoms with E-state index < -0.39 is 10.0 Å². The first kappa shape index (κ1) is 13.4. The number of rotatable bonds is 4. The smallest absolute Gasteiger partial charge is 0.244 e. The van der Waals surface area contributed by atoms with Crippen LogP contribution in [0.3, 0.4) is 0 Å². The zero-order valence-corrected chi connectivity index (χ0v) is 11.2. The molecule has 2 N–H and O–H groups in total. The number of nitrogen functional groups attached to an aromatic ring is 1. The second-order valence-corrected chi connectivity index (χ2v) is 6.05. The van der Waals surface area contributed by atoms with Crippen molar-refractivity contribution in [2.45, 2.75) is 11.4 Å². The standard InChI is InChI=1S/C12H14N4O2S/c1-16(9-10-4-2-3-7-14-10)19(17,18)11-5-6-12(13)15-8-11/h2-8H,9H2,1H3,(H2,13,15). The molecule has 2 heterocycles. The minimum Gasteiger partial charge on any atom is -0.384 e. The molecule has 0 bridgehead atoms. The molecule has 100 valence electrons. The van der Waals surface area contributed by atoms with Gasteiger partial charge in [-0.2, -0.15) is 4.31 Å². The summed E-state index contributed by atoms with van der Waals surface area (Å²) in [5.41, 5.74) is 6.12. The molecule has 19 heavy (non-hydrogen) atoms. The van der Waals surface area contributed by atoms with E-state index in [1.54, 1.807) is 18.3 Å². The third-order valence-electron chi connectivity index (χ3n) is 2.58. The Morgan fingerprint density at radius 3 is 2.58 bits per heavy atom. The van der Waals surface area contributed by atoms with Gasteiger partial charge >= 0.3 is 0 Å². The van der Waals surface area contributed by atoms with Crippen LogP contribution in [0.15, 0.2) is 47.6 Å². The Hall–Kier alpha value is -1.99. The van der Waals surface area contributed by atoms with Crippen LogP contribution in [0.1, 0.15) is 5.69 Å². The zero-order valence-electron chi connectivity index (χ0n) is 10.4. The highest BCUT2D eigenvalue weighted by Crippen LogP contribution is 2.15. The van der Waals surface area contributed by atoms with Gasteiger partial charge in [-0.1, -0.05) is 6.07 Å². The summed E-state index contributed by atoms with van der Waals surface area (Å²) in [6, 6.07) is 8.26. The number of hydrogen-bond donors (Lipinski definition) is 1. The fraction of sp³-hybridized carbons (Fsp3) is 0.167. The first-order chi connectivity index (χ1) is 9.00. The molecular formula is C12H14N4O2S. The Kier molecular flexibility index (Phi) is 3.77. The average molecular weight is 278 g/mol. The van der Waals surface area contributed by atoms with E-state index in [9.17, 15) is 8.42 Å². The van der Waals surface area contributed by atoms with Crippen molar-refractivity contribution in [2.75, 3.05) is 12.8 Å². The highest BCUT2D eigenvalue weighted by molar-refractivity contribution is 7.89. The molecule has 0 fully saturated rings. The lowest BCUT2D eigenvalue weighted by Gasteiger charge is -2.16. The van der Waals surface area contributed by atoms with Crippen LogP contribution in [0.5, 0.6) is 0 Å². The topological polar surface area (TPSA) is 89.2 Å². The van der Waals surface area contributed by atoms with Gasteiger partial charge in [-0.05, 0) is 24.3 Å². The minimum absolute atomic E-state index is 0.111. The number of anilines is 1. The number of sulfonamides is 1. The third-order valence-corrected chi connectivity index (χ3v) is 4.37. The molecule has 0 atom stereocenters. The summed E-state index contributed by atoms with van der Waals surface area (Å²) in [5, 5.41) is 0. The lowest BCUT2D eigenvalue weighted by atomic mass is 10.3. The lowest BCUT2D eigenvalue weighted by molar-refractivity contribution is 0.462. The number of nitrogens with two attached hydrogens (primary N) is 1. The highest BCUT2D eigenvalue weighted by atomic mass is 32.2. The summed E-state index contributed by atoms with van der Waals surface area (Å²) in [5.74, 6) is 0.284. The van der Waals surface area contributed by atoms with Crippen molar-refractivity contribution in [1.82, 2.24) is 14.3 Å². The van der Waals surface area contributed by atoms with E-state index in [0.717, 1.165) is 0 Å². The van der Waals surface area contributed by atoms with E-state index >= 15 is 0 Å². The van der Waals surface area contributed by atoms with Gasteiger partial charge in [-0.25, -0.2) is 13.4 Å². The van der Waals surface area contributed by atoms with Crippen LogP contribution in [-0.4, -0.2) is 29.7 Å². The van der Waals surface area contributed by atoms with E-state index in [2.05, 4.69) is 9.97 Å². The molecule has 2 rings (SSSR count). The van der Waals surface area contributed by atoms with Crippen molar-refractivity contribution in [1.29, 1.82) is 0 Å². The molecule has 6 nitrogen and oxygen atoms in total. The molecule has 2 aromatic heterocycles. The van der Waals surface area contributed by atoms with Crippen LogP contribution < -0.4 is 5.73 Å². The fourth-order valence-electron chi connectivity index (χ4n) is 1.53. The quantitative estimate of drug-likeness (QED) is 0.896. The average Bonchev–Trinajstić information content (AvgIpc) is 2.40. The fourth-order valence-corrected chi connectivity index (χ4v) is 2.62. The van der Waals surface area contributed by atoms with Gasteiger partial charge < -0.3 is 5.73 Å². The van der Waals surface area contributed by atoms with Crippen LogP contribution in [-0.2, 0) is 16.6 Å². The molecule has 2 aromatic rings. The molecule has 7 heteroatoms. The van der Waals surface area contributed by atoms with Crippen LogP contribution in [0, 0.1) is 0 Å². The Morgan fingerprint density at radius 1 is 1.21 bits per heavy atom. The molecule has 0 aliphatic rings. The first-order valence-corrected chi connectivity index (χ1v) is 7.02. The van der Waals surface area contributed by atoms with Gasteiger partial charge in [0.05, 0.1) is 12.2 Å². The maximum absolute atomic E-state index is 12.3. The van der Waals surface area contributed by atoms with Crippen molar-refractivity contribution < 1.29 is 8.42 Å². The molecular weight excluding hydrogens is 264 g/mol. The van der Waals surface area contributed by atoms with Gasteiger partial charge in [0.2, 0.25) is 10.0 Å². The van der Waals surface area contributed by atoms with Crippen molar-refractivity contribution >= 4 is 15.8 Å². The zero-order chi connectivity index (χ0) is 13.9. The van der Waals surface area contributed by atoms with Crippen molar-refractivity contribution in [3.8, 4) is 0 Å². The van der Waals surface area contributed by atoms with Gasteiger partial charge in [0.25, 0.3) is 0 Å². The summed E-state index contributed by atoms with van der Waals surface area (Å²) in [4.78, 5) is 8.00. The van der Waals surface area contributed by atoms with Crippen LogP contribution in [0.2, 0.25) is 0 Å². The predicted octanol–water partition coefficient (Wildman–Crippen LogP) is 0.879. The van der Waals surface area contributed by atoms with Gasteiger partial charge in [-0.15, -0.1) is 0 Å². The Labute approximate surface area is 112 Å². The minimum atomic E-state index is -3.58. The number of hydrogen-bond acceptors (Lipinski definition) is 5. The predicted molar refractivity (Wildman–Crippen MR) is 71.5 cm³/mol. The Morgan fingerprint density at radius 2 is 2.00 bits per heavy atom. The van der Waals surface area contributed by atoms with Crippen LogP contribution >= 0.6 is 0 Å². The summed E-state index contributed by atoms with van der Waals surface area (Å²) in [6.45, 7) is 0.202. The second kappa shape index (κ2) is 5.33. The third kappa shape index (κ3) is 3.07. The summed E-state index contributed by atoms with van der Waals surface area (Å²) < 4.78 is 25.8. The number of nitrogens with zero attached hydrogens (tertiary/aromatic N) is 3. The van der Waals surface area contributed by atoms with Gasteiger partial charge in [0, 0.05) is 19.4 Å². The van der Waals surface area contributed by atoms with E-state index in [4.69, 9.17) is 5.73 Å². The van der Waals surface area contributed by atoms with Gasteiger partial charge in [0.1, 0.15) is 10.7 Å². The first-order valence-electron chi connectivity index (χ1n) is 5.58. The van der Waals surface area contributed by atoms with Crippen LogP contribution in [0.4, 0.5) is 5.82 Å².